The van der Waals surface area contributed by atoms with E-state index in [2.05, 4.69) is 4.98 Å². The largest absolute Gasteiger partial charge is 0.493 e. The molecule has 0 amide bonds. The van der Waals surface area contributed by atoms with Crippen LogP contribution in [0.4, 0.5) is 13.2 Å². The molecule has 0 spiro atoms. The van der Waals surface area contributed by atoms with E-state index < -0.39 is 24.3 Å². The van der Waals surface area contributed by atoms with Crippen molar-refractivity contribution in [2.45, 2.75) is 32.9 Å². The first-order valence-corrected chi connectivity index (χ1v) is 10.7. The zero-order valence-corrected chi connectivity index (χ0v) is 18.3. The molecule has 1 heterocycles. The maximum absolute atomic E-state index is 12.7. The van der Waals surface area contributed by atoms with Gasteiger partial charge in [-0.3, -0.25) is 0 Å². The fraction of sp³-hybridized carbons (Fsp3) is 0.304. The minimum Gasteiger partial charge on any atom is -0.493 e. The molecule has 1 aromatic heterocycles. The monoisotopic (exact) mass is 465 g/mol. The number of benzene rings is 2. The number of rotatable bonds is 9. The third-order valence-corrected chi connectivity index (χ3v) is 5.58. The summed E-state index contributed by atoms with van der Waals surface area (Å²) in [4.78, 5) is 15.2. The van der Waals surface area contributed by atoms with E-state index in [1.807, 2.05) is 25.3 Å². The Morgan fingerprint density at radius 2 is 1.69 bits per heavy atom. The van der Waals surface area contributed by atoms with Crippen LogP contribution in [-0.2, 0) is 17.4 Å². The van der Waals surface area contributed by atoms with Crippen LogP contribution >= 0.6 is 11.3 Å². The van der Waals surface area contributed by atoms with Crippen molar-refractivity contribution < 1.29 is 32.5 Å². The lowest BCUT2D eigenvalue weighted by Crippen LogP contribution is -2.10. The predicted octanol–water partition coefficient (Wildman–Crippen LogP) is 5.92. The summed E-state index contributed by atoms with van der Waals surface area (Å²) in [5, 5.41) is 11.5. The number of aryl methyl sites for hydroxylation is 3. The first-order chi connectivity index (χ1) is 15.1. The Labute approximate surface area is 187 Å². The van der Waals surface area contributed by atoms with E-state index in [0.29, 0.717) is 35.8 Å². The third kappa shape index (κ3) is 6.23. The first kappa shape index (κ1) is 23.6. The first-order valence-electron chi connectivity index (χ1n) is 9.84. The second-order valence-electron chi connectivity index (χ2n) is 7.22. The Morgan fingerprint density at radius 3 is 2.28 bits per heavy atom. The standard InChI is InChI=1S/C23H22F3NO4S/c1-14-11-20(31-12-22(28)29)15(2)10-19(14)30-9-3-4-21-27-18(13-32-21)16-5-7-17(8-6-16)23(24,25)26/h5-8,10-11,13H,3-4,9,12H2,1-2H3,(H,28,29). The van der Waals surface area contributed by atoms with Gasteiger partial charge in [-0.2, -0.15) is 13.2 Å². The number of hydrogen-bond acceptors (Lipinski definition) is 5. The summed E-state index contributed by atoms with van der Waals surface area (Å²) in [5.41, 5.74) is 2.25. The maximum atomic E-state index is 12.7. The average molecular weight is 465 g/mol. The Kier molecular flexibility index (Phi) is 7.40. The van der Waals surface area contributed by atoms with Gasteiger partial charge < -0.3 is 14.6 Å². The van der Waals surface area contributed by atoms with Gasteiger partial charge in [0.25, 0.3) is 0 Å². The molecule has 0 saturated heterocycles. The molecule has 5 nitrogen and oxygen atoms in total. The highest BCUT2D eigenvalue weighted by molar-refractivity contribution is 7.09. The minimum absolute atomic E-state index is 0.400. The van der Waals surface area contributed by atoms with Gasteiger partial charge in [-0.05, 0) is 55.7 Å². The van der Waals surface area contributed by atoms with Gasteiger partial charge in [-0.1, -0.05) is 12.1 Å². The quantitative estimate of drug-likeness (QED) is 0.397. The van der Waals surface area contributed by atoms with Crippen LogP contribution in [-0.4, -0.2) is 29.3 Å². The number of alkyl halides is 3. The van der Waals surface area contributed by atoms with Crippen LogP contribution in [0.25, 0.3) is 11.3 Å². The zero-order chi connectivity index (χ0) is 23.3. The van der Waals surface area contributed by atoms with Crippen LogP contribution in [0.2, 0.25) is 0 Å². The van der Waals surface area contributed by atoms with Crippen molar-refractivity contribution >= 4 is 17.3 Å². The van der Waals surface area contributed by atoms with E-state index in [4.69, 9.17) is 14.6 Å². The summed E-state index contributed by atoms with van der Waals surface area (Å²) < 4.78 is 49.2. The van der Waals surface area contributed by atoms with Crippen LogP contribution in [0.5, 0.6) is 11.5 Å². The Bertz CT molecular complexity index is 1080. The number of hydrogen-bond donors (Lipinski definition) is 1. The molecule has 32 heavy (non-hydrogen) atoms. The van der Waals surface area contributed by atoms with E-state index in [1.54, 1.807) is 6.07 Å². The summed E-state index contributed by atoms with van der Waals surface area (Å²) in [6.07, 6.45) is -2.95. The highest BCUT2D eigenvalue weighted by atomic mass is 32.1. The molecule has 0 aliphatic carbocycles. The number of halogens is 3. The lowest BCUT2D eigenvalue weighted by molar-refractivity contribution is -0.139. The third-order valence-electron chi connectivity index (χ3n) is 4.68. The van der Waals surface area contributed by atoms with Gasteiger partial charge in [0.05, 0.1) is 22.9 Å². The summed E-state index contributed by atoms with van der Waals surface area (Å²) in [6.45, 7) is 3.74. The van der Waals surface area contributed by atoms with Gasteiger partial charge in [0.2, 0.25) is 0 Å². The number of aliphatic carboxylic acids is 1. The number of carboxylic acids is 1. The molecule has 0 bridgehead atoms. The lowest BCUT2D eigenvalue weighted by atomic mass is 10.1. The molecular weight excluding hydrogens is 443 g/mol. The van der Waals surface area contributed by atoms with Gasteiger partial charge in [0.15, 0.2) is 6.61 Å². The highest BCUT2D eigenvalue weighted by Gasteiger charge is 2.30. The van der Waals surface area contributed by atoms with E-state index in [0.717, 1.165) is 34.7 Å². The summed E-state index contributed by atoms with van der Waals surface area (Å²) >= 11 is 1.46. The van der Waals surface area contributed by atoms with Crippen molar-refractivity contribution in [2.24, 2.45) is 0 Å². The highest BCUT2D eigenvalue weighted by Crippen LogP contribution is 2.31. The fourth-order valence-electron chi connectivity index (χ4n) is 3.01. The topological polar surface area (TPSA) is 68.7 Å². The molecule has 2 aromatic carbocycles. The van der Waals surface area contributed by atoms with Crippen molar-refractivity contribution in [3.05, 3.63) is 63.5 Å². The van der Waals surface area contributed by atoms with Crippen molar-refractivity contribution in [3.8, 4) is 22.8 Å². The molecule has 0 unspecified atom stereocenters. The average Bonchev–Trinajstić information content (AvgIpc) is 3.20. The molecule has 0 aliphatic rings. The smallest absolute Gasteiger partial charge is 0.416 e. The number of aromatic nitrogens is 1. The van der Waals surface area contributed by atoms with Gasteiger partial charge in [-0.25, -0.2) is 9.78 Å². The van der Waals surface area contributed by atoms with Crippen molar-refractivity contribution in [1.29, 1.82) is 0 Å². The van der Waals surface area contributed by atoms with E-state index in [-0.39, 0.29) is 0 Å². The Hall–Kier alpha value is -3.07. The van der Waals surface area contributed by atoms with Crippen LogP contribution in [0.3, 0.4) is 0 Å². The molecule has 0 atom stereocenters. The molecular formula is C23H22F3NO4S. The van der Waals surface area contributed by atoms with E-state index >= 15 is 0 Å². The lowest BCUT2D eigenvalue weighted by Gasteiger charge is -2.13. The predicted molar refractivity (Wildman–Crippen MR) is 115 cm³/mol. The van der Waals surface area contributed by atoms with Crippen LogP contribution in [0.15, 0.2) is 41.8 Å². The summed E-state index contributed by atoms with van der Waals surface area (Å²) in [7, 11) is 0. The number of ether oxygens (including phenoxy) is 2. The molecule has 3 aromatic rings. The summed E-state index contributed by atoms with van der Waals surface area (Å²) in [6, 6.07) is 8.55. The summed E-state index contributed by atoms with van der Waals surface area (Å²) in [5.74, 6) is 0.177. The Balaban J connectivity index is 1.52. The molecule has 0 saturated carbocycles. The number of carboxylic acid groups (broad SMARTS) is 1. The molecule has 170 valence electrons. The van der Waals surface area contributed by atoms with Crippen LogP contribution < -0.4 is 9.47 Å². The van der Waals surface area contributed by atoms with Crippen LogP contribution in [0, 0.1) is 13.8 Å². The second-order valence-corrected chi connectivity index (χ2v) is 8.16. The SMILES string of the molecule is Cc1cc(OCC(=O)O)c(C)cc1OCCCc1nc(-c2ccc(C(F)(F)F)cc2)cs1. The van der Waals surface area contributed by atoms with Gasteiger partial charge in [0, 0.05) is 17.4 Å². The second kappa shape index (κ2) is 10.0. The minimum atomic E-state index is -4.35. The van der Waals surface area contributed by atoms with Crippen molar-refractivity contribution in [3.63, 3.8) is 0 Å². The molecule has 1 N–H and O–H groups in total. The number of carbonyl (C=O) groups is 1. The van der Waals surface area contributed by atoms with E-state index in [1.165, 1.54) is 23.5 Å². The fourth-order valence-corrected chi connectivity index (χ4v) is 3.86. The molecule has 0 aliphatic heterocycles. The number of thiazole rings is 1. The normalized spacial score (nSPS) is 11.4. The Morgan fingerprint density at radius 1 is 1.06 bits per heavy atom. The van der Waals surface area contributed by atoms with Gasteiger partial charge in [0.1, 0.15) is 11.5 Å². The zero-order valence-electron chi connectivity index (χ0n) is 17.5. The molecule has 0 fully saturated rings. The number of nitrogens with zero attached hydrogens (tertiary/aromatic N) is 1. The molecule has 0 radical (unpaired) electrons. The maximum Gasteiger partial charge on any atom is 0.416 e. The van der Waals surface area contributed by atoms with Crippen molar-refractivity contribution in [1.82, 2.24) is 4.98 Å². The van der Waals surface area contributed by atoms with E-state index in [9.17, 15) is 18.0 Å². The van der Waals surface area contributed by atoms with Crippen molar-refractivity contribution in [2.75, 3.05) is 13.2 Å². The van der Waals surface area contributed by atoms with Gasteiger partial charge >= 0.3 is 12.1 Å². The van der Waals surface area contributed by atoms with Gasteiger partial charge in [-0.15, -0.1) is 11.3 Å². The van der Waals surface area contributed by atoms with Crippen LogP contribution in [0.1, 0.15) is 28.1 Å². The molecule has 9 heteroatoms. The molecule has 3 rings (SSSR count).